The van der Waals surface area contributed by atoms with Gasteiger partial charge in [-0.05, 0) is 30.5 Å². The Morgan fingerprint density at radius 1 is 1.19 bits per heavy atom. The van der Waals surface area contributed by atoms with Crippen LogP contribution in [-0.4, -0.2) is 23.7 Å². The molecule has 0 fully saturated rings. The lowest BCUT2D eigenvalue weighted by atomic mass is 10.2. The Bertz CT molecular complexity index is 503. The van der Waals surface area contributed by atoms with Gasteiger partial charge in [0.2, 0.25) is 0 Å². The summed E-state index contributed by atoms with van der Waals surface area (Å²) in [5.74, 6) is -0.787. The van der Waals surface area contributed by atoms with Crippen molar-refractivity contribution in [2.24, 2.45) is 0 Å². The minimum absolute atomic E-state index is 0.173. The number of carboxylic acids is 1. The second-order valence-electron chi connectivity index (χ2n) is 4.46. The topological polar surface area (TPSA) is 78.4 Å². The standard InChI is InChI=1S/C15H19ClN2O3/c16-13-7-4-3-6-12(13)9-11-18-15(21)17-10-5-1-2-8-14(19)20/h3-4,6-7,9,11H,1-2,5,8,10H2,(H,19,20)(H2,17,18,21)/b11-9+. The molecule has 0 unspecified atom stereocenters. The van der Waals surface area contributed by atoms with Gasteiger partial charge in [-0.1, -0.05) is 36.2 Å². The van der Waals surface area contributed by atoms with Crippen LogP contribution in [0.25, 0.3) is 6.08 Å². The molecule has 114 valence electrons. The number of hydrogen-bond acceptors (Lipinski definition) is 2. The third kappa shape index (κ3) is 7.99. The van der Waals surface area contributed by atoms with Gasteiger partial charge in [-0.15, -0.1) is 0 Å². The fourth-order valence-corrected chi connectivity index (χ4v) is 1.85. The number of aliphatic carboxylic acids is 1. The summed E-state index contributed by atoms with van der Waals surface area (Å²) in [6.45, 7) is 0.519. The van der Waals surface area contributed by atoms with E-state index in [0.717, 1.165) is 18.4 Å². The van der Waals surface area contributed by atoms with Crippen LogP contribution in [0.3, 0.4) is 0 Å². The first-order valence-electron chi connectivity index (χ1n) is 6.77. The molecule has 0 spiro atoms. The van der Waals surface area contributed by atoms with E-state index in [2.05, 4.69) is 10.6 Å². The average molecular weight is 311 g/mol. The second-order valence-corrected chi connectivity index (χ2v) is 4.87. The van der Waals surface area contributed by atoms with Gasteiger partial charge >= 0.3 is 12.0 Å². The van der Waals surface area contributed by atoms with E-state index in [1.165, 1.54) is 6.20 Å². The summed E-state index contributed by atoms with van der Waals surface area (Å²) in [6, 6.07) is 7.03. The molecule has 0 saturated carbocycles. The van der Waals surface area contributed by atoms with Crippen LogP contribution in [0.5, 0.6) is 0 Å². The van der Waals surface area contributed by atoms with E-state index in [0.29, 0.717) is 18.0 Å². The first-order chi connectivity index (χ1) is 10.1. The number of halogens is 1. The summed E-state index contributed by atoms with van der Waals surface area (Å²) in [6.07, 6.45) is 5.59. The van der Waals surface area contributed by atoms with Gasteiger partial charge in [-0.3, -0.25) is 4.79 Å². The van der Waals surface area contributed by atoms with E-state index in [-0.39, 0.29) is 12.5 Å². The van der Waals surface area contributed by atoms with Crippen molar-refractivity contribution in [3.05, 3.63) is 41.1 Å². The van der Waals surface area contributed by atoms with Crippen LogP contribution < -0.4 is 10.6 Å². The maximum Gasteiger partial charge on any atom is 0.318 e. The Balaban J connectivity index is 2.14. The molecule has 0 aliphatic heterocycles. The molecule has 1 aromatic carbocycles. The maximum absolute atomic E-state index is 11.5. The van der Waals surface area contributed by atoms with E-state index in [4.69, 9.17) is 16.7 Å². The van der Waals surface area contributed by atoms with Crippen LogP contribution in [0, 0.1) is 0 Å². The highest BCUT2D eigenvalue weighted by molar-refractivity contribution is 6.32. The zero-order valence-electron chi connectivity index (χ0n) is 11.6. The number of nitrogens with one attached hydrogen (secondary N) is 2. The van der Waals surface area contributed by atoms with Gasteiger partial charge in [0.1, 0.15) is 0 Å². The highest BCUT2D eigenvalue weighted by Gasteiger charge is 1.99. The average Bonchev–Trinajstić information content (AvgIpc) is 2.44. The van der Waals surface area contributed by atoms with Gasteiger partial charge in [0.15, 0.2) is 0 Å². The molecule has 0 radical (unpaired) electrons. The largest absolute Gasteiger partial charge is 0.481 e. The van der Waals surface area contributed by atoms with E-state index < -0.39 is 5.97 Å². The van der Waals surface area contributed by atoms with Gasteiger partial charge in [0.25, 0.3) is 0 Å². The van der Waals surface area contributed by atoms with Crippen molar-refractivity contribution in [1.29, 1.82) is 0 Å². The van der Waals surface area contributed by atoms with Crippen molar-refractivity contribution in [3.63, 3.8) is 0 Å². The minimum atomic E-state index is -0.787. The van der Waals surface area contributed by atoms with Gasteiger partial charge < -0.3 is 15.7 Å². The van der Waals surface area contributed by atoms with Gasteiger partial charge in [0, 0.05) is 24.2 Å². The first kappa shape index (κ1) is 17.0. The molecule has 5 nitrogen and oxygen atoms in total. The first-order valence-corrected chi connectivity index (χ1v) is 7.14. The molecule has 2 amide bonds. The molecular formula is C15H19ClN2O3. The lowest BCUT2D eigenvalue weighted by Gasteiger charge is -2.04. The summed E-state index contributed by atoms with van der Waals surface area (Å²) in [4.78, 5) is 21.8. The molecule has 1 rings (SSSR count). The quantitative estimate of drug-likeness (QED) is 0.645. The Kier molecular flexibility index (Phi) is 7.97. The number of carbonyl (C=O) groups excluding carboxylic acids is 1. The molecule has 0 aromatic heterocycles. The molecule has 0 atom stereocenters. The fourth-order valence-electron chi connectivity index (χ4n) is 1.65. The predicted molar refractivity (Wildman–Crippen MR) is 83.1 cm³/mol. The summed E-state index contributed by atoms with van der Waals surface area (Å²) in [5.41, 5.74) is 0.827. The highest BCUT2D eigenvalue weighted by Crippen LogP contribution is 2.15. The summed E-state index contributed by atoms with van der Waals surface area (Å²) in [7, 11) is 0. The smallest absolute Gasteiger partial charge is 0.318 e. The number of rotatable bonds is 8. The fraction of sp³-hybridized carbons (Fsp3) is 0.333. The van der Waals surface area contributed by atoms with E-state index >= 15 is 0 Å². The lowest BCUT2D eigenvalue weighted by Crippen LogP contribution is -2.32. The minimum Gasteiger partial charge on any atom is -0.481 e. The normalized spacial score (nSPS) is 10.5. The van der Waals surface area contributed by atoms with Crippen molar-refractivity contribution in [2.45, 2.75) is 25.7 Å². The molecule has 21 heavy (non-hydrogen) atoms. The third-order valence-electron chi connectivity index (χ3n) is 2.74. The Morgan fingerprint density at radius 3 is 2.67 bits per heavy atom. The summed E-state index contributed by atoms with van der Waals surface area (Å²) < 4.78 is 0. The van der Waals surface area contributed by atoms with Crippen LogP contribution in [0.15, 0.2) is 30.5 Å². The lowest BCUT2D eigenvalue weighted by molar-refractivity contribution is -0.137. The SMILES string of the molecule is O=C(O)CCCCCNC(=O)N/C=C/c1ccccc1Cl. The molecule has 0 heterocycles. The van der Waals surface area contributed by atoms with Crippen molar-refractivity contribution in [2.75, 3.05) is 6.54 Å². The van der Waals surface area contributed by atoms with E-state index in [9.17, 15) is 9.59 Å². The Labute approximate surface area is 129 Å². The molecule has 6 heteroatoms. The van der Waals surface area contributed by atoms with Crippen LogP contribution in [-0.2, 0) is 4.79 Å². The van der Waals surface area contributed by atoms with Crippen LogP contribution in [0.4, 0.5) is 4.79 Å². The Hall–Kier alpha value is -2.01. The monoisotopic (exact) mass is 310 g/mol. The molecule has 0 saturated heterocycles. The second kappa shape index (κ2) is 9.83. The van der Waals surface area contributed by atoms with E-state index in [1.54, 1.807) is 12.1 Å². The van der Waals surface area contributed by atoms with Crippen molar-refractivity contribution >= 4 is 29.7 Å². The van der Waals surface area contributed by atoms with Gasteiger partial charge in [0.05, 0.1) is 0 Å². The number of unbranched alkanes of at least 4 members (excludes halogenated alkanes) is 2. The van der Waals surface area contributed by atoms with Crippen molar-refractivity contribution in [3.8, 4) is 0 Å². The maximum atomic E-state index is 11.5. The molecule has 0 bridgehead atoms. The van der Waals surface area contributed by atoms with Crippen LogP contribution in [0.2, 0.25) is 5.02 Å². The predicted octanol–water partition coefficient (Wildman–Crippen LogP) is 3.25. The third-order valence-corrected chi connectivity index (χ3v) is 3.08. The zero-order chi connectivity index (χ0) is 15.5. The number of benzene rings is 1. The van der Waals surface area contributed by atoms with Crippen molar-refractivity contribution in [1.82, 2.24) is 10.6 Å². The molecular weight excluding hydrogens is 292 g/mol. The van der Waals surface area contributed by atoms with Gasteiger partial charge in [-0.2, -0.15) is 0 Å². The van der Waals surface area contributed by atoms with Gasteiger partial charge in [-0.25, -0.2) is 4.79 Å². The molecule has 0 aliphatic rings. The zero-order valence-corrected chi connectivity index (χ0v) is 12.4. The van der Waals surface area contributed by atoms with Crippen LogP contribution >= 0.6 is 11.6 Å². The molecule has 1 aromatic rings. The number of hydrogen-bond donors (Lipinski definition) is 3. The van der Waals surface area contributed by atoms with Crippen LogP contribution in [0.1, 0.15) is 31.2 Å². The number of amides is 2. The number of carboxylic acid groups (broad SMARTS) is 1. The van der Waals surface area contributed by atoms with Crippen molar-refractivity contribution < 1.29 is 14.7 Å². The highest BCUT2D eigenvalue weighted by atomic mass is 35.5. The molecule has 3 N–H and O–H groups in total. The van der Waals surface area contributed by atoms with E-state index in [1.807, 2.05) is 18.2 Å². The Morgan fingerprint density at radius 2 is 1.95 bits per heavy atom. The summed E-state index contributed by atoms with van der Waals surface area (Å²) >= 11 is 5.97. The molecule has 0 aliphatic carbocycles. The summed E-state index contributed by atoms with van der Waals surface area (Å²) in [5, 5.41) is 14.4. The number of urea groups is 1. The number of carbonyl (C=O) groups is 2.